The Morgan fingerprint density at radius 1 is 1.28 bits per heavy atom. The van der Waals surface area contributed by atoms with Crippen molar-refractivity contribution in [3.8, 4) is 11.4 Å². The van der Waals surface area contributed by atoms with Crippen LogP contribution in [0, 0.1) is 0 Å². The van der Waals surface area contributed by atoms with E-state index < -0.39 is 0 Å². The van der Waals surface area contributed by atoms with E-state index in [1.54, 1.807) is 16.8 Å². The van der Waals surface area contributed by atoms with Gasteiger partial charge in [0.25, 0.3) is 0 Å². The van der Waals surface area contributed by atoms with E-state index in [0.717, 1.165) is 30.7 Å². The summed E-state index contributed by atoms with van der Waals surface area (Å²) >= 11 is 5.89. The summed E-state index contributed by atoms with van der Waals surface area (Å²) in [5.74, 6) is 0.919. The molecule has 2 N–H and O–H groups in total. The van der Waals surface area contributed by atoms with Gasteiger partial charge in [0.1, 0.15) is 17.3 Å². The van der Waals surface area contributed by atoms with Crippen molar-refractivity contribution in [2.24, 2.45) is 0 Å². The summed E-state index contributed by atoms with van der Waals surface area (Å²) in [5, 5.41) is 19.5. The number of anilines is 1. The number of benzene rings is 1. The highest BCUT2D eigenvalue weighted by molar-refractivity contribution is 6.30. The maximum absolute atomic E-state index is 10.1. The lowest BCUT2D eigenvalue weighted by Crippen LogP contribution is -2.39. The minimum Gasteiger partial charge on any atom is -0.506 e. The molecule has 0 unspecified atom stereocenters. The molecule has 1 aliphatic heterocycles. The average molecular weight is 358 g/mol. The van der Waals surface area contributed by atoms with Gasteiger partial charge in [-0.3, -0.25) is 0 Å². The van der Waals surface area contributed by atoms with Crippen LogP contribution >= 0.6 is 11.6 Å². The molecule has 4 rings (SSSR count). The number of pyridine rings is 1. The molecule has 1 aliphatic rings. The number of aromatic nitrogens is 3. The number of hydrogen-bond donors (Lipinski definition) is 2. The predicted octanol–water partition coefficient (Wildman–Crippen LogP) is 3.29. The van der Waals surface area contributed by atoms with Crippen molar-refractivity contribution < 1.29 is 5.11 Å². The number of likely N-dealkylation sites (N-methyl/N-ethyl adjacent to an activating group) is 1. The third-order valence-electron chi connectivity index (χ3n) is 4.53. The predicted molar refractivity (Wildman–Crippen MR) is 99.7 cm³/mol. The van der Waals surface area contributed by atoms with Gasteiger partial charge in [-0.1, -0.05) is 11.6 Å². The van der Waals surface area contributed by atoms with E-state index in [2.05, 4.69) is 27.3 Å². The van der Waals surface area contributed by atoms with E-state index in [1.807, 2.05) is 18.3 Å². The van der Waals surface area contributed by atoms with E-state index in [4.69, 9.17) is 11.6 Å². The van der Waals surface area contributed by atoms with Crippen LogP contribution in [0.25, 0.3) is 16.7 Å². The van der Waals surface area contributed by atoms with Gasteiger partial charge in [0, 0.05) is 35.3 Å². The third kappa shape index (κ3) is 3.41. The number of piperidine rings is 1. The van der Waals surface area contributed by atoms with Gasteiger partial charge < -0.3 is 15.3 Å². The number of nitrogens with one attached hydrogen (secondary N) is 1. The summed E-state index contributed by atoms with van der Waals surface area (Å²) in [6, 6.07) is 9.34. The number of nitrogens with zero attached hydrogens (tertiary/aromatic N) is 4. The standard InChI is InChI=1S/C18H20ClN5O/c1-23-8-2-3-14(11-23)20-17-7-4-12-10-24(22-18(12)21-17)15-6-5-13(19)9-16(15)25/h4-7,9-10,14,25H,2-3,8,11H2,1H3,(H,20,21,22)/t14-/m1/s1. The Bertz CT molecular complexity index is 910. The largest absolute Gasteiger partial charge is 0.506 e. The topological polar surface area (TPSA) is 66.2 Å². The molecular weight excluding hydrogens is 338 g/mol. The minimum atomic E-state index is 0.0869. The molecule has 130 valence electrons. The summed E-state index contributed by atoms with van der Waals surface area (Å²) in [7, 11) is 2.14. The molecule has 1 fully saturated rings. The normalized spacial score (nSPS) is 18.6. The summed E-state index contributed by atoms with van der Waals surface area (Å²) in [5.41, 5.74) is 1.22. The zero-order valence-corrected chi connectivity index (χ0v) is 14.7. The molecule has 25 heavy (non-hydrogen) atoms. The molecule has 7 heteroatoms. The maximum atomic E-state index is 10.1. The Balaban J connectivity index is 1.61. The quantitative estimate of drug-likeness (QED) is 0.753. The van der Waals surface area contributed by atoms with Gasteiger partial charge in [-0.15, -0.1) is 5.10 Å². The number of fused-ring (bicyclic) bond motifs is 1. The Morgan fingerprint density at radius 2 is 2.16 bits per heavy atom. The van der Waals surface area contributed by atoms with Crippen LogP contribution in [0.2, 0.25) is 5.02 Å². The Labute approximate surface area is 151 Å². The smallest absolute Gasteiger partial charge is 0.183 e. The van der Waals surface area contributed by atoms with Crippen molar-refractivity contribution in [1.29, 1.82) is 0 Å². The number of aromatic hydroxyl groups is 1. The van der Waals surface area contributed by atoms with Gasteiger partial charge >= 0.3 is 0 Å². The molecule has 0 amide bonds. The Morgan fingerprint density at radius 3 is 2.96 bits per heavy atom. The van der Waals surface area contributed by atoms with Gasteiger partial charge in [0.2, 0.25) is 0 Å². The Hall–Kier alpha value is -2.31. The molecule has 0 aliphatic carbocycles. The first-order chi connectivity index (χ1) is 12.1. The first-order valence-electron chi connectivity index (χ1n) is 8.39. The van der Waals surface area contributed by atoms with Gasteiger partial charge in [0.05, 0.1) is 0 Å². The molecule has 1 aromatic carbocycles. The maximum Gasteiger partial charge on any atom is 0.183 e. The highest BCUT2D eigenvalue weighted by Gasteiger charge is 2.17. The lowest BCUT2D eigenvalue weighted by atomic mass is 10.1. The van der Waals surface area contributed by atoms with Crippen LogP contribution in [0.4, 0.5) is 5.82 Å². The monoisotopic (exact) mass is 357 g/mol. The summed E-state index contributed by atoms with van der Waals surface area (Å²) in [4.78, 5) is 6.95. The average Bonchev–Trinajstić information content (AvgIpc) is 2.97. The fraction of sp³-hybridized carbons (Fsp3) is 0.333. The van der Waals surface area contributed by atoms with Crippen LogP contribution in [-0.4, -0.2) is 50.9 Å². The van der Waals surface area contributed by atoms with Gasteiger partial charge in [-0.25, -0.2) is 9.67 Å². The van der Waals surface area contributed by atoms with E-state index >= 15 is 0 Å². The second-order valence-corrected chi connectivity index (χ2v) is 7.00. The second kappa shape index (κ2) is 6.54. The summed E-state index contributed by atoms with van der Waals surface area (Å²) in [6.07, 6.45) is 4.20. The molecule has 1 saturated heterocycles. The van der Waals surface area contributed by atoms with Crippen molar-refractivity contribution in [2.75, 3.05) is 25.5 Å². The summed E-state index contributed by atoms with van der Waals surface area (Å²) in [6.45, 7) is 2.17. The molecule has 2 aromatic heterocycles. The van der Waals surface area contributed by atoms with E-state index in [0.29, 0.717) is 22.4 Å². The van der Waals surface area contributed by atoms with Gasteiger partial charge in [-0.05, 0) is 50.7 Å². The second-order valence-electron chi connectivity index (χ2n) is 6.56. The fourth-order valence-electron chi connectivity index (χ4n) is 3.29. The van der Waals surface area contributed by atoms with Crippen molar-refractivity contribution >= 4 is 28.5 Å². The highest BCUT2D eigenvalue weighted by Crippen LogP contribution is 2.26. The fourth-order valence-corrected chi connectivity index (χ4v) is 3.46. The van der Waals surface area contributed by atoms with Crippen molar-refractivity contribution in [3.05, 3.63) is 41.6 Å². The van der Waals surface area contributed by atoms with Crippen LogP contribution in [0.15, 0.2) is 36.5 Å². The van der Waals surface area contributed by atoms with E-state index in [9.17, 15) is 5.11 Å². The SMILES string of the molecule is CN1CCC[C@@H](Nc2ccc3cn(-c4ccc(Cl)cc4O)nc3n2)C1. The lowest BCUT2D eigenvalue weighted by Gasteiger charge is -2.30. The molecule has 3 heterocycles. The number of phenols is 1. The number of likely N-dealkylation sites (tertiary alicyclic amines) is 1. The van der Waals surface area contributed by atoms with Crippen molar-refractivity contribution in [1.82, 2.24) is 19.7 Å². The summed E-state index contributed by atoms with van der Waals surface area (Å²) < 4.78 is 1.63. The number of rotatable bonds is 3. The minimum absolute atomic E-state index is 0.0869. The van der Waals surface area contributed by atoms with E-state index in [-0.39, 0.29) is 5.75 Å². The van der Waals surface area contributed by atoms with Crippen LogP contribution in [0.5, 0.6) is 5.75 Å². The van der Waals surface area contributed by atoms with Crippen molar-refractivity contribution in [2.45, 2.75) is 18.9 Å². The van der Waals surface area contributed by atoms with Crippen LogP contribution < -0.4 is 5.32 Å². The highest BCUT2D eigenvalue weighted by atomic mass is 35.5. The Kier molecular flexibility index (Phi) is 4.23. The molecule has 3 aromatic rings. The first kappa shape index (κ1) is 16.2. The van der Waals surface area contributed by atoms with Crippen molar-refractivity contribution in [3.63, 3.8) is 0 Å². The molecule has 0 bridgehead atoms. The van der Waals surface area contributed by atoms with Gasteiger partial charge in [-0.2, -0.15) is 0 Å². The van der Waals surface area contributed by atoms with E-state index in [1.165, 1.54) is 12.5 Å². The zero-order chi connectivity index (χ0) is 17.4. The molecule has 6 nitrogen and oxygen atoms in total. The molecule has 0 spiro atoms. The van der Waals surface area contributed by atoms with Crippen LogP contribution in [0.3, 0.4) is 0 Å². The first-order valence-corrected chi connectivity index (χ1v) is 8.77. The number of hydrogen-bond acceptors (Lipinski definition) is 5. The lowest BCUT2D eigenvalue weighted by molar-refractivity contribution is 0.261. The molecular formula is C18H20ClN5O. The molecule has 1 atom stereocenters. The molecule has 0 radical (unpaired) electrons. The number of phenolic OH excluding ortho intramolecular Hbond substituents is 1. The zero-order valence-electron chi connectivity index (χ0n) is 14.0. The van der Waals surface area contributed by atoms with Crippen LogP contribution in [0.1, 0.15) is 12.8 Å². The van der Waals surface area contributed by atoms with Crippen LogP contribution in [-0.2, 0) is 0 Å². The third-order valence-corrected chi connectivity index (χ3v) is 4.77. The van der Waals surface area contributed by atoms with Gasteiger partial charge in [0.15, 0.2) is 5.65 Å². The number of halogens is 1. The molecule has 0 saturated carbocycles.